The topological polar surface area (TPSA) is 44.8 Å². The molecule has 0 bridgehead atoms. The molecule has 3 rings (SSSR count). The molecular formula is C22H14F9O4P. The molecular weight excluding hydrogens is 530 g/mol. The fourth-order valence-electron chi connectivity index (χ4n) is 2.69. The summed E-state index contributed by atoms with van der Waals surface area (Å²) in [4.78, 5) is 0. The average Bonchev–Trinajstić information content (AvgIpc) is 2.79. The number of phosphoric ester groups is 1. The molecule has 0 saturated heterocycles. The summed E-state index contributed by atoms with van der Waals surface area (Å²) in [5, 5.41) is 0. The van der Waals surface area contributed by atoms with Gasteiger partial charge in [0.1, 0.15) is 17.2 Å². The van der Waals surface area contributed by atoms with Crippen LogP contribution in [-0.4, -0.2) is 18.0 Å². The largest absolute Gasteiger partial charge is 0.647 e. The van der Waals surface area contributed by atoms with Crippen molar-refractivity contribution in [1.29, 1.82) is 0 Å². The number of hydrogen-bond donors (Lipinski definition) is 0. The molecule has 0 aliphatic heterocycles. The van der Waals surface area contributed by atoms with Crippen molar-refractivity contribution in [2.45, 2.75) is 23.9 Å². The summed E-state index contributed by atoms with van der Waals surface area (Å²) in [5.41, 5.74) is -1.88. The Bertz CT molecular complexity index is 1160. The van der Waals surface area contributed by atoms with Crippen LogP contribution in [0.2, 0.25) is 0 Å². The summed E-state index contributed by atoms with van der Waals surface area (Å²) in [6.45, 7) is 0. The van der Waals surface area contributed by atoms with E-state index >= 15 is 0 Å². The summed E-state index contributed by atoms with van der Waals surface area (Å²) in [6.07, 6.45) is -6.95. The Morgan fingerprint density at radius 3 is 1.22 bits per heavy atom. The van der Waals surface area contributed by atoms with Gasteiger partial charge < -0.3 is 13.6 Å². The van der Waals surface area contributed by atoms with Crippen LogP contribution in [0.3, 0.4) is 0 Å². The predicted octanol–water partition coefficient (Wildman–Crippen LogP) is 8.26. The fourth-order valence-corrected chi connectivity index (χ4v) is 3.94. The molecule has 36 heavy (non-hydrogen) atoms. The highest BCUT2D eigenvalue weighted by molar-refractivity contribution is 7.49. The first-order valence-electron chi connectivity index (χ1n) is 9.69. The van der Waals surface area contributed by atoms with Gasteiger partial charge in [0.15, 0.2) is 0 Å². The Morgan fingerprint density at radius 1 is 0.500 bits per heavy atom. The zero-order chi connectivity index (χ0) is 26.8. The molecule has 0 N–H and O–H groups in total. The smallest absolute Gasteiger partial charge is 0.386 e. The number of rotatable bonds is 9. The maximum atomic E-state index is 14.1. The lowest BCUT2D eigenvalue weighted by atomic mass is 9.97. The standard InChI is InChI=1S/C22H14F9O4P/c23-19(24,20(25,26)21(27,28)22(29,30)31)15-11-13-18(14-12-15)35-36(32,33-16-7-3-1-4-8-16)34-17-9-5-2-6-10-17/h1-14H. The van der Waals surface area contributed by atoms with Gasteiger partial charge in [-0.2, -0.15) is 44.1 Å². The van der Waals surface area contributed by atoms with Crippen LogP contribution in [0.25, 0.3) is 0 Å². The summed E-state index contributed by atoms with van der Waals surface area (Å²) in [7, 11) is -4.63. The van der Waals surface area contributed by atoms with Gasteiger partial charge in [-0.05, 0) is 48.5 Å². The van der Waals surface area contributed by atoms with Gasteiger partial charge in [-0.1, -0.05) is 36.4 Å². The van der Waals surface area contributed by atoms with Gasteiger partial charge >= 0.3 is 31.8 Å². The minimum absolute atomic E-state index is 0.00561. The van der Waals surface area contributed by atoms with E-state index in [9.17, 15) is 44.1 Å². The monoisotopic (exact) mass is 544 g/mol. The van der Waals surface area contributed by atoms with Crippen molar-refractivity contribution in [1.82, 2.24) is 0 Å². The van der Waals surface area contributed by atoms with Crippen LogP contribution in [0.1, 0.15) is 5.56 Å². The molecule has 194 valence electrons. The highest BCUT2D eigenvalue weighted by Crippen LogP contribution is 2.57. The van der Waals surface area contributed by atoms with Gasteiger partial charge in [0.2, 0.25) is 0 Å². The van der Waals surface area contributed by atoms with E-state index in [2.05, 4.69) is 0 Å². The fraction of sp³-hybridized carbons (Fsp3) is 0.182. The van der Waals surface area contributed by atoms with E-state index in [1.165, 1.54) is 48.5 Å². The second-order valence-corrected chi connectivity index (χ2v) is 8.53. The molecule has 3 aromatic rings. The molecule has 0 fully saturated rings. The van der Waals surface area contributed by atoms with Crippen LogP contribution in [0.15, 0.2) is 84.9 Å². The van der Waals surface area contributed by atoms with Gasteiger partial charge in [-0.3, -0.25) is 0 Å². The van der Waals surface area contributed by atoms with E-state index in [4.69, 9.17) is 13.6 Å². The zero-order valence-electron chi connectivity index (χ0n) is 17.6. The van der Waals surface area contributed by atoms with E-state index < -0.39 is 43.1 Å². The number of alkyl halides is 9. The van der Waals surface area contributed by atoms with Crippen molar-refractivity contribution in [2.24, 2.45) is 0 Å². The Balaban J connectivity index is 1.90. The highest BCUT2D eigenvalue weighted by atomic mass is 31.2. The molecule has 0 spiro atoms. The van der Waals surface area contributed by atoms with Gasteiger partial charge in [0.05, 0.1) is 0 Å². The molecule has 0 aromatic heterocycles. The van der Waals surface area contributed by atoms with Crippen molar-refractivity contribution in [3.05, 3.63) is 90.5 Å². The van der Waals surface area contributed by atoms with Gasteiger partial charge in [-0.25, -0.2) is 0 Å². The molecule has 0 heterocycles. The van der Waals surface area contributed by atoms with Gasteiger partial charge in [-0.15, -0.1) is 0 Å². The van der Waals surface area contributed by atoms with Crippen LogP contribution in [0, 0.1) is 0 Å². The summed E-state index contributed by atoms with van der Waals surface area (Å²) in [6, 6.07) is 16.0. The number of phosphoric acid groups is 1. The first-order chi connectivity index (χ1) is 16.6. The van der Waals surface area contributed by atoms with Crippen molar-refractivity contribution in [3.63, 3.8) is 0 Å². The first-order valence-corrected chi connectivity index (χ1v) is 11.1. The molecule has 0 radical (unpaired) electrons. The third-order valence-corrected chi connectivity index (χ3v) is 5.80. The van der Waals surface area contributed by atoms with Crippen LogP contribution < -0.4 is 13.6 Å². The lowest BCUT2D eigenvalue weighted by molar-refractivity contribution is -0.399. The van der Waals surface area contributed by atoms with E-state index in [0.29, 0.717) is 12.1 Å². The predicted molar refractivity (Wildman–Crippen MR) is 109 cm³/mol. The normalized spacial score (nSPS) is 13.2. The second kappa shape index (κ2) is 9.61. The molecule has 0 aliphatic carbocycles. The van der Waals surface area contributed by atoms with Crippen molar-refractivity contribution >= 4 is 7.82 Å². The maximum Gasteiger partial charge on any atom is 0.647 e. The number of halogens is 9. The van der Waals surface area contributed by atoms with E-state index in [0.717, 1.165) is 0 Å². The summed E-state index contributed by atoms with van der Waals surface area (Å²) in [5.74, 6) is -20.4. The third kappa shape index (κ3) is 5.40. The van der Waals surface area contributed by atoms with E-state index in [1.807, 2.05) is 0 Å². The summed E-state index contributed by atoms with van der Waals surface area (Å²) < 4.78 is 148. The average molecular weight is 544 g/mol. The second-order valence-electron chi connectivity index (χ2n) is 7.09. The summed E-state index contributed by atoms with van der Waals surface area (Å²) >= 11 is 0. The van der Waals surface area contributed by atoms with Gasteiger partial charge in [0, 0.05) is 5.56 Å². The lowest BCUT2D eigenvalue weighted by Gasteiger charge is -2.33. The Kier molecular flexibility index (Phi) is 7.27. The third-order valence-electron chi connectivity index (χ3n) is 4.50. The first kappa shape index (κ1) is 27.3. The lowest BCUT2D eigenvalue weighted by Crippen LogP contribution is -2.59. The molecule has 0 unspecified atom stereocenters. The van der Waals surface area contributed by atoms with Crippen LogP contribution in [0.4, 0.5) is 39.5 Å². The Morgan fingerprint density at radius 2 is 0.861 bits per heavy atom. The van der Waals surface area contributed by atoms with Gasteiger partial charge in [0.25, 0.3) is 0 Å². The maximum absolute atomic E-state index is 14.1. The number of benzene rings is 3. The number of para-hydroxylation sites is 2. The number of hydrogen-bond acceptors (Lipinski definition) is 4. The van der Waals surface area contributed by atoms with Crippen LogP contribution in [0.5, 0.6) is 17.2 Å². The quantitative estimate of drug-likeness (QED) is 0.201. The van der Waals surface area contributed by atoms with Crippen LogP contribution >= 0.6 is 7.82 Å². The minimum atomic E-state index is -7.04. The molecule has 0 aliphatic rings. The highest BCUT2D eigenvalue weighted by Gasteiger charge is 2.82. The molecule has 4 nitrogen and oxygen atoms in total. The van der Waals surface area contributed by atoms with Crippen molar-refractivity contribution in [3.8, 4) is 17.2 Å². The molecule has 0 atom stereocenters. The van der Waals surface area contributed by atoms with Crippen molar-refractivity contribution < 1.29 is 57.7 Å². The van der Waals surface area contributed by atoms with Crippen molar-refractivity contribution in [2.75, 3.05) is 0 Å². The van der Waals surface area contributed by atoms with E-state index in [1.54, 1.807) is 12.1 Å². The molecule has 0 saturated carbocycles. The SMILES string of the molecule is O=P(Oc1ccccc1)(Oc1ccccc1)Oc1ccc(C(F)(F)C(F)(F)C(F)(F)C(F)(F)F)cc1. The van der Waals surface area contributed by atoms with E-state index in [-0.39, 0.29) is 23.6 Å². The Hall–Kier alpha value is -3.34. The molecule has 3 aromatic carbocycles. The zero-order valence-corrected chi connectivity index (χ0v) is 18.5. The Labute approximate surface area is 197 Å². The molecule has 14 heteroatoms. The van der Waals surface area contributed by atoms with Crippen LogP contribution in [-0.2, 0) is 10.5 Å². The minimum Gasteiger partial charge on any atom is -0.386 e. The molecule has 0 amide bonds.